The van der Waals surface area contributed by atoms with Crippen molar-refractivity contribution in [1.29, 1.82) is 0 Å². The molecule has 2 nitrogen and oxygen atoms in total. The number of esters is 1. The molecule has 0 saturated carbocycles. The number of rotatable bonds is 6. The molecule has 0 amide bonds. The highest BCUT2D eigenvalue weighted by Crippen LogP contribution is 2.13. The molecule has 0 spiro atoms. The van der Waals surface area contributed by atoms with E-state index < -0.39 is 0 Å². The first-order valence-electron chi connectivity index (χ1n) is 5.55. The van der Waals surface area contributed by atoms with Gasteiger partial charge in [-0.05, 0) is 35.7 Å². The molecule has 0 aromatic carbocycles. The van der Waals surface area contributed by atoms with E-state index in [1.165, 1.54) is 4.88 Å². The summed E-state index contributed by atoms with van der Waals surface area (Å²) in [7, 11) is 0. The number of ether oxygens (including phenoxy) is 1. The van der Waals surface area contributed by atoms with Crippen molar-refractivity contribution < 1.29 is 9.53 Å². The van der Waals surface area contributed by atoms with Gasteiger partial charge in [0.15, 0.2) is 0 Å². The fourth-order valence-corrected chi connectivity index (χ4v) is 2.85. The molecule has 0 fully saturated rings. The molecule has 4 heteroatoms. The normalized spacial score (nSPS) is 10.4. The van der Waals surface area contributed by atoms with Crippen molar-refractivity contribution in [2.75, 3.05) is 0 Å². The summed E-state index contributed by atoms with van der Waals surface area (Å²) in [5, 5.41) is 4.05. The monoisotopic (exact) mass is 266 g/mol. The summed E-state index contributed by atoms with van der Waals surface area (Å²) in [6.45, 7) is 0.412. The molecule has 0 bridgehead atoms. The van der Waals surface area contributed by atoms with Crippen LogP contribution in [0.3, 0.4) is 0 Å². The smallest absolute Gasteiger partial charge is 0.306 e. The van der Waals surface area contributed by atoms with Crippen LogP contribution in [0, 0.1) is 0 Å². The first-order valence-corrected chi connectivity index (χ1v) is 7.31. The number of hydrogen-bond donors (Lipinski definition) is 0. The molecule has 2 rings (SSSR count). The van der Waals surface area contributed by atoms with Crippen LogP contribution in [0.4, 0.5) is 0 Å². The second-order valence-corrected chi connectivity index (χ2v) is 5.74. The third kappa shape index (κ3) is 4.32. The van der Waals surface area contributed by atoms with Gasteiger partial charge in [0.25, 0.3) is 0 Å². The van der Waals surface area contributed by atoms with Gasteiger partial charge in [0.05, 0.1) is 0 Å². The van der Waals surface area contributed by atoms with Crippen molar-refractivity contribution in [3.05, 3.63) is 44.8 Å². The molecule has 2 aromatic heterocycles. The second-order valence-electron chi connectivity index (χ2n) is 3.67. The fourth-order valence-electron chi connectivity index (χ4n) is 1.48. The third-order valence-corrected chi connectivity index (χ3v) is 4.13. The minimum atomic E-state index is -0.102. The maximum absolute atomic E-state index is 11.5. The summed E-state index contributed by atoms with van der Waals surface area (Å²) in [5.41, 5.74) is 0. The lowest BCUT2D eigenvalue weighted by atomic mass is 10.2. The van der Waals surface area contributed by atoms with Crippen LogP contribution < -0.4 is 0 Å². The predicted molar refractivity (Wildman–Crippen MR) is 71.4 cm³/mol. The van der Waals surface area contributed by atoms with Gasteiger partial charge in [0.2, 0.25) is 0 Å². The van der Waals surface area contributed by atoms with Gasteiger partial charge in [-0.25, -0.2) is 0 Å². The summed E-state index contributed by atoms with van der Waals surface area (Å²) in [5.74, 6) is -0.102. The highest BCUT2D eigenvalue weighted by molar-refractivity contribution is 7.10. The summed E-state index contributed by atoms with van der Waals surface area (Å²) in [6, 6.07) is 8.07. The molecule has 0 saturated heterocycles. The van der Waals surface area contributed by atoms with E-state index in [2.05, 4.69) is 11.4 Å². The second kappa shape index (κ2) is 6.57. The Kier molecular flexibility index (Phi) is 4.76. The highest BCUT2D eigenvalue weighted by Gasteiger charge is 2.04. The Labute approximate surface area is 109 Å². The van der Waals surface area contributed by atoms with Gasteiger partial charge in [0.1, 0.15) is 6.61 Å². The van der Waals surface area contributed by atoms with E-state index in [1.54, 1.807) is 22.7 Å². The molecule has 0 N–H and O–H groups in total. The number of thiophene rings is 2. The molecule has 2 aromatic rings. The Hall–Kier alpha value is -1.13. The molecule has 0 aliphatic rings. The predicted octanol–water partition coefficient (Wildman–Crippen LogP) is 3.88. The maximum atomic E-state index is 11.5. The Bertz CT molecular complexity index is 432. The minimum Gasteiger partial charge on any atom is -0.460 e. The van der Waals surface area contributed by atoms with Gasteiger partial charge in [-0.2, -0.15) is 0 Å². The van der Waals surface area contributed by atoms with Crippen molar-refractivity contribution in [2.24, 2.45) is 0 Å². The van der Waals surface area contributed by atoms with E-state index in [4.69, 9.17) is 4.74 Å². The van der Waals surface area contributed by atoms with Crippen LogP contribution in [0.5, 0.6) is 0 Å². The zero-order chi connectivity index (χ0) is 11.9. The topological polar surface area (TPSA) is 26.3 Å². The number of hydrogen-bond acceptors (Lipinski definition) is 4. The summed E-state index contributed by atoms with van der Waals surface area (Å²) in [6.07, 6.45) is 2.33. The van der Waals surface area contributed by atoms with Gasteiger partial charge in [-0.1, -0.05) is 12.1 Å². The lowest BCUT2D eigenvalue weighted by molar-refractivity contribution is -0.144. The van der Waals surface area contributed by atoms with Gasteiger partial charge < -0.3 is 4.74 Å². The zero-order valence-electron chi connectivity index (χ0n) is 9.43. The largest absolute Gasteiger partial charge is 0.460 e. The number of aryl methyl sites for hydroxylation is 1. The highest BCUT2D eigenvalue weighted by atomic mass is 32.1. The SMILES string of the molecule is O=C(CCCc1cccs1)OCc1cccs1. The van der Waals surface area contributed by atoms with Crippen molar-refractivity contribution >= 4 is 28.6 Å². The molecule has 90 valence electrons. The Balaban J connectivity index is 1.61. The van der Waals surface area contributed by atoms with E-state index in [1.807, 2.05) is 23.6 Å². The van der Waals surface area contributed by atoms with Gasteiger partial charge >= 0.3 is 5.97 Å². The van der Waals surface area contributed by atoms with Crippen LogP contribution >= 0.6 is 22.7 Å². The van der Waals surface area contributed by atoms with E-state index in [9.17, 15) is 4.79 Å². The number of carbonyl (C=O) groups excluding carboxylic acids is 1. The molecule has 0 radical (unpaired) electrons. The lowest BCUT2D eigenvalue weighted by Gasteiger charge is -2.02. The molecular weight excluding hydrogens is 252 g/mol. The van der Waals surface area contributed by atoms with Crippen LogP contribution in [0.1, 0.15) is 22.6 Å². The summed E-state index contributed by atoms with van der Waals surface area (Å²) in [4.78, 5) is 13.9. The van der Waals surface area contributed by atoms with Crippen LogP contribution in [-0.4, -0.2) is 5.97 Å². The van der Waals surface area contributed by atoms with Crippen LogP contribution in [0.15, 0.2) is 35.0 Å². The van der Waals surface area contributed by atoms with E-state index in [0.717, 1.165) is 17.7 Å². The first kappa shape index (κ1) is 12.3. The van der Waals surface area contributed by atoms with Gasteiger partial charge in [0, 0.05) is 16.2 Å². The van der Waals surface area contributed by atoms with Gasteiger partial charge in [-0.3, -0.25) is 4.79 Å². The average molecular weight is 266 g/mol. The van der Waals surface area contributed by atoms with Crippen LogP contribution in [0.2, 0.25) is 0 Å². The van der Waals surface area contributed by atoms with Crippen molar-refractivity contribution in [3.63, 3.8) is 0 Å². The maximum Gasteiger partial charge on any atom is 0.306 e. The first-order chi connectivity index (χ1) is 8.34. The van der Waals surface area contributed by atoms with Gasteiger partial charge in [-0.15, -0.1) is 22.7 Å². The molecule has 0 aliphatic heterocycles. The Morgan fingerprint density at radius 3 is 2.47 bits per heavy atom. The molecule has 0 unspecified atom stereocenters. The quantitative estimate of drug-likeness (QED) is 0.742. The third-order valence-electron chi connectivity index (χ3n) is 2.34. The molecular formula is C13H14O2S2. The molecule has 17 heavy (non-hydrogen) atoms. The summed E-state index contributed by atoms with van der Waals surface area (Å²) >= 11 is 3.35. The average Bonchev–Trinajstić information content (AvgIpc) is 2.99. The Morgan fingerprint density at radius 1 is 1.12 bits per heavy atom. The van der Waals surface area contributed by atoms with E-state index >= 15 is 0 Å². The van der Waals surface area contributed by atoms with Crippen molar-refractivity contribution in [3.8, 4) is 0 Å². The van der Waals surface area contributed by atoms with Crippen molar-refractivity contribution in [2.45, 2.75) is 25.9 Å². The molecule has 2 heterocycles. The molecule has 0 aliphatic carbocycles. The zero-order valence-corrected chi connectivity index (χ0v) is 11.1. The molecule has 0 atom stereocenters. The fraction of sp³-hybridized carbons (Fsp3) is 0.308. The van der Waals surface area contributed by atoms with E-state index in [0.29, 0.717) is 13.0 Å². The standard InChI is InChI=1S/C13H14O2S2/c14-13(15-10-12-6-3-9-17-12)7-1-4-11-5-2-8-16-11/h2-3,5-6,8-9H,1,4,7,10H2. The number of carbonyl (C=O) groups is 1. The lowest BCUT2D eigenvalue weighted by Crippen LogP contribution is -2.03. The van der Waals surface area contributed by atoms with E-state index in [-0.39, 0.29) is 5.97 Å². The minimum absolute atomic E-state index is 0.102. The van der Waals surface area contributed by atoms with Crippen molar-refractivity contribution in [1.82, 2.24) is 0 Å². The summed E-state index contributed by atoms with van der Waals surface area (Å²) < 4.78 is 5.18. The van der Waals surface area contributed by atoms with Crippen LogP contribution in [0.25, 0.3) is 0 Å². The Morgan fingerprint density at radius 2 is 1.82 bits per heavy atom. The van der Waals surface area contributed by atoms with Crippen LogP contribution in [-0.2, 0) is 22.6 Å².